The quantitative estimate of drug-likeness (QED) is 0.829. The Balaban J connectivity index is 1.65. The Hall–Kier alpha value is -1.38. The maximum absolute atomic E-state index is 12.4. The van der Waals surface area contributed by atoms with Crippen molar-refractivity contribution in [3.05, 3.63) is 24.2 Å². The fraction of sp³-hybridized carbons (Fsp3) is 0.615. The van der Waals surface area contributed by atoms with E-state index in [1.165, 1.54) is 4.31 Å². The van der Waals surface area contributed by atoms with Gasteiger partial charge in [0.05, 0.1) is 12.3 Å². The van der Waals surface area contributed by atoms with Crippen molar-refractivity contribution in [2.24, 2.45) is 0 Å². The predicted octanol–water partition coefficient (Wildman–Crippen LogP) is 0.529. The van der Waals surface area contributed by atoms with E-state index >= 15 is 0 Å². The van der Waals surface area contributed by atoms with Gasteiger partial charge in [0.2, 0.25) is 5.91 Å². The van der Waals surface area contributed by atoms with E-state index in [-0.39, 0.29) is 24.5 Å². The fourth-order valence-corrected chi connectivity index (χ4v) is 4.40. The van der Waals surface area contributed by atoms with Crippen LogP contribution < -0.4 is 10.0 Å². The third-order valence-electron chi connectivity index (χ3n) is 3.98. The molecule has 0 radical (unpaired) electrons. The second-order valence-electron chi connectivity index (χ2n) is 5.44. The number of hydrogen-bond donors (Lipinski definition) is 2. The molecule has 0 aromatic carbocycles. The SMILES string of the molecule is O=C1CC[C@@H](CNS(=O)(=O)N2CCC[C@@H]2c2ccco2)N1. The van der Waals surface area contributed by atoms with Crippen LogP contribution in [-0.4, -0.2) is 37.8 Å². The van der Waals surface area contributed by atoms with E-state index in [0.717, 1.165) is 12.8 Å². The minimum Gasteiger partial charge on any atom is -0.468 e. The molecule has 116 valence electrons. The molecule has 3 heterocycles. The molecule has 0 saturated carbocycles. The number of nitrogens with zero attached hydrogens (tertiary/aromatic N) is 1. The number of hydrogen-bond acceptors (Lipinski definition) is 4. The van der Waals surface area contributed by atoms with Gasteiger partial charge in [0, 0.05) is 25.6 Å². The van der Waals surface area contributed by atoms with Gasteiger partial charge in [-0.3, -0.25) is 4.79 Å². The van der Waals surface area contributed by atoms with E-state index in [1.54, 1.807) is 18.4 Å². The summed E-state index contributed by atoms with van der Waals surface area (Å²) in [5.41, 5.74) is 0. The number of amides is 1. The van der Waals surface area contributed by atoms with Crippen molar-refractivity contribution < 1.29 is 17.6 Å². The van der Waals surface area contributed by atoms with Gasteiger partial charge in [-0.2, -0.15) is 12.7 Å². The summed E-state index contributed by atoms with van der Waals surface area (Å²) >= 11 is 0. The highest BCUT2D eigenvalue weighted by atomic mass is 32.2. The molecule has 1 amide bonds. The zero-order valence-electron chi connectivity index (χ0n) is 11.6. The van der Waals surface area contributed by atoms with Crippen molar-refractivity contribution in [1.29, 1.82) is 0 Å². The first-order valence-electron chi connectivity index (χ1n) is 7.15. The maximum Gasteiger partial charge on any atom is 0.280 e. The Labute approximate surface area is 123 Å². The van der Waals surface area contributed by atoms with Crippen LogP contribution >= 0.6 is 0 Å². The van der Waals surface area contributed by atoms with Crippen LogP contribution in [0, 0.1) is 0 Å². The summed E-state index contributed by atoms with van der Waals surface area (Å²) in [7, 11) is -3.57. The predicted molar refractivity (Wildman–Crippen MR) is 75.5 cm³/mol. The van der Waals surface area contributed by atoms with E-state index in [4.69, 9.17) is 4.42 Å². The van der Waals surface area contributed by atoms with Crippen LogP contribution in [0.2, 0.25) is 0 Å². The lowest BCUT2D eigenvalue weighted by Gasteiger charge is -2.23. The topological polar surface area (TPSA) is 91.7 Å². The Morgan fingerprint density at radius 3 is 2.95 bits per heavy atom. The molecular weight excluding hydrogens is 294 g/mol. The standard InChI is InChI=1S/C13H19N3O4S/c17-13-6-5-10(15-13)9-14-21(18,19)16-7-1-3-11(16)12-4-2-8-20-12/h2,4,8,10-11,14H,1,3,5-7,9H2,(H,15,17)/t10-,11+/m0/s1. The second kappa shape index (κ2) is 5.78. The zero-order valence-corrected chi connectivity index (χ0v) is 12.4. The molecule has 2 aliphatic rings. The highest BCUT2D eigenvalue weighted by molar-refractivity contribution is 7.87. The first kappa shape index (κ1) is 14.6. The van der Waals surface area contributed by atoms with E-state index in [2.05, 4.69) is 10.0 Å². The molecule has 1 aromatic rings. The van der Waals surface area contributed by atoms with Crippen LogP contribution in [0.1, 0.15) is 37.5 Å². The van der Waals surface area contributed by atoms with Crippen molar-refractivity contribution in [2.45, 2.75) is 37.8 Å². The molecular formula is C13H19N3O4S. The van der Waals surface area contributed by atoms with Crippen LogP contribution in [0.3, 0.4) is 0 Å². The highest BCUT2D eigenvalue weighted by Gasteiger charge is 2.37. The molecule has 0 bridgehead atoms. The van der Waals surface area contributed by atoms with Gasteiger partial charge in [-0.15, -0.1) is 0 Å². The van der Waals surface area contributed by atoms with Crippen LogP contribution in [0.15, 0.2) is 22.8 Å². The number of furan rings is 1. The summed E-state index contributed by atoms with van der Waals surface area (Å²) in [6.07, 6.45) is 4.26. The Morgan fingerprint density at radius 1 is 1.43 bits per heavy atom. The van der Waals surface area contributed by atoms with Crippen LogP contribution in [0.4, 0.5) is 0 Å². The normalized spacial score (nSPS) is 27.1. The van der Waals surface area contributed by atoms with Gasteiger partial charge < -0.3 is 9.73 Å². The van der Waals surface area contributed by atoms with Crippen molar-refractivity contribution in [1.82, 2.24) is 14.3 Å². The molecule has 2 N–H and O–H groups in total. The maximum atomic E-state index is 12.4. The first-order valence-corrected chi connectivity index (χ1v) is 8.59. The summed E-state index contributed by atoms with van der Waals surface area (Å²) in [5.74, 6) is 0.654. The van der Waals surface area contributed by atoms with Gasteiger partial charge in [0.1, 0.15) is 5.76 Å². The van der Waals surface area contributed by atoms with Gasteiger partial charge >= 0.3 is 0 Å². The van der Waals surface area contributed by atoms with E-state index in [0.29, 0.717) is 25.1 Å². The molecule has 1 aromatic heterocycles. The fourth-order valence-electron chi connectivity index (χ4n) is 2.91. The van der Waals surface area contributed by atoms with Crippen LogP contribution in [0.25, 0.3) is 0 Å². The lowest BCUT2D eigenvalue weighted by atomic mass is 10.2. The van der Waals surface area contributed by atoms with Gasteiger partial charge in [-0.05, 0) is 31.4 Å². The lowest BCUT2D eigenvalue weighted by Crippen LogP contribution is -2.45. The molecule has 21 heavy (non-hydrogen) atoms. The van der Waals surface area contributed by atoms with Gasteiger partial charge in [0.25, 0.3) is 10.2 Å². The third kappa shape index (κ3) is 3.12. The van der Waals surface area contributed by atoms with Crippen LogP contribution in [-0.2, 0) is 15.0 Å². The summed E-state index contributed by atoms with van der Waals surface area (Å²) in [4.78, 5) is 11.1. The number of rotatable bonds is 5. The minimum absolute atomic E-state index is 0.0196. The Morgan fingerprint density at radius 2 is 2.29 bits per heavy atom. The summed E-state index contributed by atoms with van der Waals surface area (Å²) in [6, 6.07) is 3.21. The van der Waals surface area contributed by atoms with Gasteiger partial charge in [-0.25, -0.2) is 4.72 Å². The largest absolute Gasteiger partial charge is 0.468 e. The van der Waals surface area contributed by atoms with E-state index in [9.17, 15) is 13.2 Å². The molecule has 0 unspecified atom stereocenters. The van der Waals surface area contributed by atoms with Gasteiger partial charge in [-0.1, -0.05) is 0 Å². The number of nitrogens with one attached hydrogen (secondary N) is 2. The molecule has 2 atom stereocenters. The summed E-state index contributed by atoms with van der Waals surface area (Å²) < 4.78 is 34.3. The van der Waals surface area contributed by atoms with Crippen molar-refractivity contribution in [2.75, 3.05) is 13.1 Å². The van der Waals surface area contributed by atoms with Crippen LogP contribution in [0.5, 0.6) is 0 Å². The van der Waals surface area contributed by atoms with E-state index in [1.807, 2.05) is 0 Å². The minimum atomic E-state index is -3.57. The molecule has 0 aliphatic carbocycles. The smallest absolute Gasteiger partial charge is 0.280 e. The first-order chi connectivity index (χ1) is 10.1. The average molecular weight is 313 g/mol. The Bertz CT molecular complexity index is 599. The third-order valence-corrected chi connectivity index (χ3v) is 5.57. The molecule has 2 saturated heterocycles. The molecule has 0 spiro atoms. The van der Waals surface area contributed by atoms with E-state index < -0.39 is 10.2 Å². The molecule has 7 nitrogen and oxygen atoms in total. The molecule has 3 rings (SSSR count). The molecule has 8 heteroatoms. The number of carbonyl (C=O) groups excluding carboxylic acids is 1. The van der Waals surface area contributed by atoms with Crippen molar-refractivity contribution >= 4 is 16.1 Å². The second-order valence-corrected chi connectivity index (χ2v) is 7.15. The number of carbonyl (C=O) groups is 1. The monoisotopic (exact) mass is 313 g/mol. The lowest BCUT2D eigenvalue weighted by molar-refractivity contribution is -0.119. The van der Waals surface area contributed by atoms with Crippen molar-refractivity contribution in [3.63, 3.8) is 0 Å². The average Bonchev–Trinajstić information content (AvgIpc) is 3.17. The highest BCUT2D eigenvalue weighted by Crippen LogP contribution is 2.33. The van der Waals surface area contributed by atoms with Crippen molar-refractivity contribution in [3.8, 4) is 0 Å². The summed E-state index contributed by atoms with van der Waals surface area (Å²) in [5, 5.41) is 2.75. The molecule has 2 fully saturated rings. The zero-order chi connectivity index (χ0) is 14.9. The molecule has 2 aliphatic heterocycles. The Kier molecular flexibility index (Phi) is 4.01. The van der Waals surface area contributed by atoms with Gasteiger partial charge in [0.15, 0.2) is 0 Å². The summed E-state index contributed by atoms with van der Waals surface area (Å²) in [6.45, 7) is 0.715.